The van der Waals surface area contributed by atoms with Gasteiger partial charge in [0, 0.05) is 0 Å². The zero-order valence-corrected chi connectivity index (χ0v) is 3.82. The standard InChI is InChI=1S/C3H3N3O2/c7-2-3(8)6-5-1-4-2/h5H,(H,4,7)(H,6,8). The van der Waals surface area contributed by atoms with Crippen molar-refractivity contribution in [1.82, 2.24) is 16.2 Å². The quantitative estimate of drug-likeness (QED) is 0.310. The normalized spacial score (nSPS) is 19.5. The van der Waals surface area contributed by atoms with E-state index in [1.165, 1.54) is 0 Å². The van der Waals surface area contributed by atoms with E-state index in [-0.39, 0.29) is 0 Å². The maximum atomic E-state index is 10.2. The molecule has 1 aliphatic rings. The molecule has 42 valence electrons. The van der Waals surface area contributed by atoms with Gasteiger partial charge in [-0.1, -0.05) is 0 Å². The maximum absolute atomic E-state index is 10.2. The number of hydrogen-bond acceptors (Lipinski definition) is 3. The van der Waals surface area contributed by atoms with Crippen LogP contribution in [0.25, 0.3) is 0 Å². The smallest absolute Gasteiger partial charge is 0.322 e. The van der Waals surface area contributed by atoms with Crippen LogP contribution < -0.4 is 16.2 Å². The Kier molecular flexibility index (Phi) is 1.13. The average molecular weight is 113 g/mol. The van der Waals surface area contributed by atoms with E-state index in [4.69, 9.17) is 0 Å². The fourth-order valence-electron chi connectivity index (χ4n) is 0.290. The Bertz CT molecular complexity index is 116. The zero-order chi connectivity index (χ0) is 5.98. The van der Waals surface area contributed by atoms with Gasteiger partial charge in [0.15, 0.2) is 6.67 Å². The predicted molar refractivity (Wildman–Crippen MR) is 22.7 cm³/mol. The largest absolute Gasteiger partial charge is 0.323 e. The minimum atomic E-state index is -0.705. The Morgan fingerprint density at radius 3 is 2.38 bits per heavy atom. The molecule has 2 radical (unpaired) electrons. The van der Waals surface area contributed by atoms with Crippen LogP contribution >= 0.6 is 0 Å². The highest BCUT2D eigenvalue weighted by Crippen LogP contribution is 1.72. The van der Waals surface area contributed by atoms with Crippen LogP contribution in [0, 0.1) is 6.67 Å². The third-order valence-corrected chi connectivity index (χ3v) is 0.621. The van der Waals surface area contributed by atoms with E-state index in [1.54, 1.807) is 0 Å². The molecular weight excluding hydrogens is 110 g/mol. The molecule has 0 atom stereocenters. The van der Waals surface area contributed by atoms with Crippen molar-refractivity contribution in [2.75, 3.05) is 0 Å². The molecule has 0 unspecified atom stereocenters. The van der Waals surface area contributed by atoms with Crippen molar-refractivity contribution in [2.24, 2.45) is 0 Å². The minimum Gasteiger partial charge on any atom is -0.322 e. The summed E-state index contributed by atoms with van der Waals surface area (Å²) in [5.74, 6) is -1.41. The molecule has 3 N–H and O–H groups in total. The first-order valence-corrected chi connectivity index (χ1v) is 1.91. The third-order valence-electron chi connectivity index (χ3n) is 0.621. The Balaban J connectivity index is 2.52. The van der Waals surface area contributed by atoms with Crippen LogP contribution in [0.15, 0.2) is 0 Å². The lowest BCUT2D eigenvalue weighted by atomic mass is 10.5. The molecule has 0 saturated carbocycles. The van der Waals surface area contributed by atoms with E-state index >= 15 is 0 Å². The summed E-state index contributed by atoms with van der Waals surface area (Å²) in [6.07, 6.45) is 0. The highest BCUT2D eigenvalue weighted by atomic mass is 16.2. The van der Waals surface area contributed by atoms with Crippen LogP contribution in [0.4, 0.5) is 0 Å². The first kappa shape index (κ1) is 5.04. The number of carbonyl (C=O) groups excluding carboxylic acids is 2. The fourth-order valence-corrected chi connectivity index (χ4v) is 0.290. The molecule has 2 amide bonds. The predicted octanol–water partition coefficient (Wildman–Crippen LogP) is -2.27. The van der Waals surface area contributed by atoms with Crippen LogP contribution in [-0.4, -0.2) is 11.8 Å². The van der Waals surface area contributed by atoms with Crippen molar-refractivity contribution in [2.45, 2.75) is 0 Å². The number of amides is 2. The second kappa shape index (κ2) is 1.79. The van der Waals surface area contributed by atoms with E-state index in [0.717, 1.165) is 0 Å². The second-order valence-electron chi connectivity index (χ2n) is 1.16. The SMILES string of the molecule is O=C1N[C]NNC1=O. The van der Waals surface area contributed by atoms with Gasteiger partial charge in [-0.3, -0.25) is 15.0 Å². The number of hydrogen-bond donors (Lipinski definition) is 3. The molecule has 5 nitrogen and oxygen atoms in total. The lowest BCUT2D eigenvalue weighted by Gasteiger charge is -2.10. The fraction of sp³-hybridized carbons (Fsp3) is 0. The average Bonchev–Trinajstić information content (AvgIpc) is 1.77. The summed E-state index contributed by atoms with van der Waals surface area (Å²) in [6.45, 7) is 2.18. The molecule has 0 aromatic rings. The van der Waals surface area contributed by atoms with Gasteiger partial charge in [-0.15, -0.1) is 0 Å². The van der Waals surface area contributed by atoms with Crippen molar-refractivity contribution in [3.8, 4) is 0 Å². The van der Waals surface area contributed by atoms with E-state index < -0.39 is 11.8 Å². The van der Waals surface area contributed by atoms with E-state index in [0.29, 0.717) is 0 Å². The van der Waals surface area contributed by atoms with E-state index in [9.17, 15) is 9.59 Å². The molecule has 0 aromatic carbocycles. The monoisotopic (exact) mass is 113 g/mol. The lowest BCUT2D eigenvalue weighted by Crippen LogP contribution is -2.53. The summed E-state index contributed by atoms with van der Waals surface area (Å²) in [7, 11) is 0. The number of carbonyl (C=O) groups is 2. The molecular formula is C3H3N3O2. The summed E-state index contributed by atoms with van der Waals surface area (Å²) in [5, 5.41) is 2.02. The van der Waals surface area contributed by atoms with Gasteiger partial charge >= 0.3 is 11.8 Å². The van der Waals surface area contributed by atoms with Gasteiger partial charge in [0.25, 0.3) is 0 Å². The number of hydrazine groups is 1. The molecule has 0 aliphatic carbocycles. The van der Waals surface area contributed by atoms with Crippen molar-refractivity contribution in [1.29, 1.82) is 0 Å². The van der Waals surface area contributed by atoms with Crippen LogP contribution in [0.5, 0.6) is 0 Å². The molecule has 1 saturated heterocycles. The molecule has 0 aromatic heterocycles. The Morgan fingerprint density at radius 1 is 1.25 bits per heavy atom. The van der Waals surface area contributed by atoms with Gasteiger partial charge in [0.2, 0.25) is 0 Å². The van der Waals surface area contributed by atoms with Gasteiger partial charge < -0.3 is 5.32 Å². The first-order valence-electron chi connectivity index (χ1n) is 1.91. The number of nitrogens with one attached hydrogen (secondary N) is 3. The lowest BCUT2D eigenvalue weighted by molar-refractivity contribution is -0.140. The van der Waals surface area contributed by atoms with Crippen molar-refractivity contribution < 1.29 is 9.59 Å². The summed E-state index contributed by atoms with van der Waals surface area (Å²) in [6, 6.07) is 0. The molecule has 1 aliphatic heterocycles. The van der Waals surface area contributed by atoms with Gasteiger partial charge in [-0.25, -0.2) is 5.43 Å². The highest BCUT2D eigenvalue weighted by molar-refractivity contribution is 6.35. The molecule has 5 heteroatoms. The molecule has 0 bridgehead atoms. The Labute approximate surface area is 45.4 Å². The van der Waals surface area contributed by atoms with Crippen LogP contribution in [0.3, 0.4) is 0 Å². The number of rotatable bonds is 0. The summed E-state index contributed by atoms with van der Waals surface area (Å²) in [5.41, 5.74) is 4.20. The Morgan fingerprint density at radius 2 is 2.00 bits per heavy atom. The van der Waals surface area contributed by atoms with Gasteiger partial charge in [-0.05, 0) is 0 Å². The topological polar surface area (TPSA) is 70.2 Å². The van der Waals surface area contributed by atoms with Crippen LogP contribution in [0.1, 0.15) is 0 Å². The molecule has 1 fully saturated rings. The van der Waals surface area contributed by atoms with E-state index in [1.807, 2.05) is 10.7 Å². The highest BCUT2D eigenvalue weighted by Gasteiger charge is 2.16. The Hall–Kier alpha value is -1.10. The van der Waals surface area contributed by atoms with E-state index in [2.05, 4.69) is 12.1 Å². The second-order valence-corrected chi connectivity index (χ2v) is 1.16. The molecule has 1 heterocycles. The summed E-state index contributed by atoms with van der Waals surface area (Å²) < 4.78 is 0. The van der Waals surface area contributed by atoms with Gasteiger partial charge in [0.05, 0.1) is 0 Å². The van der Waals surface area contributed by atoms with Gasteiger partial charge in [-0.2, -0.15) is 0 Å². The zero-order valence-electron chi connectivity index (χ0n) is 3.82. The minimum absolute atomic E-state index is 0.705. The molecule has 1 rings (SSSR count). The molecule has 0 spiro atoms. The van der Waals surface area contributed by atoms with Crippen molar-refractivity contribution in [3.63, 3.8) is 0 Å². The summed E-state index contributed by atoms with van der Waals surface area (Å²) in [4.78, 5) is 20.3. The van der Waals surface area contributed by atoms with Crippen molar-refractivity contribution >= 4 is 11.8 Å². The van der Waals surface area contributed by atoms with Crippen LogP contribution in [-0.2, 0) is 9.59 Å². The molecule has 8 heavy (non-hydrogen) atoms. The van der Waals surface area contributed by atoms with Crippen molar-refractivity contribution in [3.05, 3.63) is 6.67 Å². The van der Waals surface area contributed by atoms with Gasteiger partial charge in [0.1, 0.15) is 0 Å². The third kappa shape index (κ3) is 0.760. The van der Waals surface area contributed by atoms with Crippen LogP contribution in [0.2, 0.25) is 0 Å². The summed E-state index contributed by atoms with van der Waals surface area (Å²) >= 11 is 0. The first-order chi connectivity index (χ1) is 3.80. The maximum Gasteiger partial charge on any atom is 0.323 e.